The van der Waals surface area contributed by atoms with Gasteiger partial charge >= 0.3 is 0 Å². The number of piperazine rings is 1. The maximum absolute atomic E-state index is 3.42. The fourth-order valence-corrected chi connectivity index (χ4v) is 2.15. The highest BCUT2D eigenvalue weighted by molar-refractivity contribution is 5.49. The molecule has 0 spiro atoms. The van der Waals surface area contributed by atoms with Gasteiger partial charge in [-0.25, -0.2) is 0 Å². The number of nitrogens with one attached hydrogen (secondary N) is 1. The third kappa shape index (κ3) is 5.65. The second kappa shape index (κ2) is 10.9. The minimum atomic E-state index is 0.603. The fraction of sp³-hybridized carbons (Fsp3) is 0.647. The molecule has 1 aliphatic heterocycles. The minimum absolute atomic E-state index is 0.603. The lowest BCUT2D eigenvalue weighted by Crippen LogP contribution is -2.49. The van der Waals surface area contributed by atoms with E-state index in [9.17, 15) is 0 Å². The number of anilines is 1. The first kappa shape index (κ1) is 18.0. The zero-order valence-electron chi connectivity index (χ0n) is 13.7. The Balaban J connectivity index is 0.000000741. The van der Waals surface area contributed by atoms with Gasteiger partial charge in [-0.3, -0.25) is 0 Å². The van der Waals surface area contributed by atoms with Gasteiger partial charge in [0.25, 0.3) is 0 Å². The third-order valence-electron chi connectivity index (χ3n) is 3.18. The van der Waals surface area contributed by atoms with Crippen LogP contribution in [0.4, 0.5) is 5.69 Å². The highest BCUT2D eigenvalue weighted by atomic mass is 15.2. The van der Waals surface area contributed by atoms with Gasteiger partial charge in [0, 0.05) is 31.4 Å². The van der Waals surface area contributed by atoms with E-state index in [2.05, 4.69) is 48.3 Å². The van der Waals surface area contributed by atoms with E-state index in [1.807, 2.05) is 27.7 Å². The first-order valence-electron chi connectivity index (χ1n) is 7.87. The second-order valence-corrected chi connectivity index (χ2v) is 4.27. The Morgan fingerprint density at radius 3 is 2.16 bits per heavy atom. The van der Waals surface area contributed by atoms with Crippen molar-refractivity contribution in [3.63, 3.8) is 0 Å². The van der Waals surface area contributed by atoms with Crippen LogP contribution in [0, 0.1) is 0 Å². The Morgan fingerprint density at radius 1 is 1.11 bits per heavy atom. The van der Waals surface area contributed by atoms with Crippen LogP contribution < -0.4 is 10.2 Å². The van der Waals surface area contributed by atoms with E-state index in [1.54, 1.807) is 0 Å². The molecule has 1 heterocycles. The van der Waals surface area contributed by atoms with E-state index >= 15 is 0 Å². The van der Waals surface area contributed by atoms with Gasteiger partial charge in [0.2, 0.25) is 0 Å². The van der Waals surface area contributed by atoms with Gasteiger partial charge < -0.3 is 10.2 Å². The highest BCUT2D eigenvalue weighted by Gasteiger charge is 2.17. The van der Waals surface area contributed by atoms with E-state index in [0.29, 0.717) is 6.04 Å². The van der Waals surface area contributed by atoms with E-state index in [0.717, 1.165) is 26.1 Å². The van der Waals surface area contributed by atoms with Crippen LogP contribution in [-0.2, 0) is 6.42 Å². The van der Waals surface area contributed by atoms with Crippen molar-refractivity contribution >= 4 is 5.69 Å². The molecule has 1 saturated heterocycles. The average Bonchev–Trinajstić information content (AvgIpc) is 2.52. The Morgan fingerprint density at radius 2 is 1.68 bits per heavy atom. The number of aryl methyl sites for hydroxylation is 1. The Kier molecular flexibility index (Phi) is 10.3. The van der Waals surface area contributed by atoms with Gasteiger partial charge in [-0.2, -0.15) is 0 Å². The lowest BCUT2D eigenvalue weighted by atomic mass is 10.1. The maximum atomic E-state index is 3.42. The minimum Gasteiger partial charge on any atom is -0.366 e. The van der Waals surface area contributed by atoms with Crippen LogP contribution in [-0.4, -0.2) is 25.7 Å². The van der Waals surface area contributed by atoms with E-state index < -0.39 is 0 Å². The predicted octanol–water partition coefficient (Wildman–Crippen LogP) is 4.10. The summed E-state index contributed by atoms with van der Waals surface area (Å²) < 4.78 is 0. The first-order chi connectivity index (χ1) is 9.31. The van der Waals surface area contributed by atoms with Gasteiger partial charge in [-0.15, -0.1) is 0 Å². The summed E-state index contributed by atoms with van der Waals surface area (Å²) in [4.78, 5) is 2.48. The van der Waals surface area contributed by atoms with Crippen molar-refractivity contribution in [2.45, 2.75) is 54.0 Å². The molecule has 0 bridgehead atoms. The van der Waals surface area contributed by atoms with Gasteiger partial charge in [0.1, 0.15) is 0 Å². The molecule has 19 heavy (non-hydrogen) atoms. The summed E-state index contributed by atoms with van der Waals surface area (Å²) in [7, 11) is 0. The number of nitrogens with zero attached hydrogens (tertiary/aromatic N) is 1. The van der Waals surface area contributed by atoms with Crippen LogP contribution in [0.5, 0.6) is 0 Å². The zero-order valence-corrected chi connectivity index (χ0v) is 13.7. The second-order valence-electron chi connectivity index (χ2n) is 4.27. The summed E-state index contributed by atoms with van der Waals surface area (Å²) in [6, 6.07) is 9.58. The van der Waals surface area contributed by atoms with E-state index in [1.165, 1.54) is 11.3 Å². The molecule has 2 rings (SSSR count). The third-order valence-corrected chi connectivity index (χ3v) is 3.18. The zero-order chi connectivity index (χ0) is 14.7. The van der Waals surface area contributed by atoms with Crippen LogP contribution in [0.25, 0.3) is 0 Å². The van der Waals surface area contributed by atoms with Crippen LogP contribution in [0.3, 0.4) is 0 Å². The molecule has 0 aliphatic carbocycles. The topological polar surface area (TPSA) is 15.3 Å². The lowest BCUT2D eigenvalue weighted by Gasteiger charge is -2.36. The molecular weight excluding hydrogens is 232 g/mol. The molecule has 0 amide bonds. The molecule has 1 atom stereocenters. The number of hydrogen-bond donors (Lipinski definition) is 1. The predicted molar refractivity (Wildman–Crippen MR) is 88.2 cm³/mol. The smallest absolute Gasteiger partial charge is 0.0386 e. The average molecular weight is 264 g/mol. The highest BCUT2D eigenvalue weighted by Crippen LogP contribution is 2.19. The van der Waals surface area contributed by atoms with Crippen molar-refractivity contribution in [3.8, 4) is 0 Å². The Hall–Kier alpha value is -1.02. The van der Waals surface area contributed by atoms with Crippen molar-refractivity contribution in [2.75, 3.05) is 24.5 Å². The molecule has 1 fully saturated rings. The SMILES string of the molecule is CC.CC.CCc1ccc(N2CCNCC2C)cc1. The molecule has 1 aliphatic rings. The van der Waals surface area contributed by atoms with Crippen LogP contribution in [0.2, 0.25) is 0 Å². The van der Waals surface area contributed by atoms with Crippen molar-refractivity contribution in [2.24, 2.45) is 0 Å². The first-order valence-corrected chi connectivity index (χ1v) is 7.87. The summed E-state index contributed by atoms with van der Waals surface area (Å²) in [5.74, 6) is 0. The van der Waals surface area contributed by atoms with Crippen LogP contribution in [0.1, 0.15) is 47.1 Å². The molecule has 1 N–H and O–H groups in total. The van der Waals surface area contributed by atoms with Gasteiger partial charge in [0.15, 0.2) is 0 Å². The number of rotatable bonds is 2. The summed E-state index contributed by atoms with van der Waals surface area (Å²) in [6.45, 7) is 15.8. The van der Waals surface area contributed by atoms with Crippen LogP contribution in [0.15, 0.2) is 24.3 Å². The fourth-order valence-electron chi connectivity index (χ4n) is 2.15. The molecule has 1 aromatic rings. The summed E-state index contributed by atoms with van der Waals surface area (Å²) in [5, 5.41) is 3.42. The van der Waals surface area contributed by atoms with Crippen molar-refractivity contribution < 1.29 is 0 Å². The van der Waals surface area contributed by atoms with Crippen molar-refractivity contribution in [1.82, 2.24) is 5.32 Å². The van der Waals surface area contributed by atoms with Gasteiger partial charge in [-0.1, -0.05) is 46.8 Å². The molecule has 0 saturated carbocycles. The molecule has 1 unspecified atom stereocenters. The van der Waals surface area contributed by atoms with E-state index in [4.69, 9.17) is 0 Å². The molecule has 0 aromatic heterocycles. The number of hydrogen-bond acceptors (Lipinski definition) is 2. The Bertz CT molecular complexity index is 306. The van der Waals surface area contributed by atoms with Crippen molar-refractivity contribution in [1.29, 1.82) is 0 Å². The van der Waals surface area contributed by atoms with Gasteiger partial charge in [0.05, 0.1) is 0 Å². The summed E-state index contributed by atoms with van der Waals surface area (Å²) >= 11 is 0. The summed E-state index contributed by atoms with van der Waals surface area (Å²) in [5.41, 5.74) is 2.78. The largest absolute Gasteiger partial charge is 0.366 e. The van der Waals surface area contributed by atoms with Gasteiger partial charge in [-0.05, 0) is 31.0 Å². The molecular formula is C17H32N2. The Labute approximate surface area is 120 Å². The molecule has 1 aromatic carbocycles. The maximum Gasteiger partial charge on any atom is 0.0386 e. The van der Waals surface area contributed by atoms with E-state index in [-0.39, 0.29) is 0 Å². The molecule has 2 heteroatoms. The number of benzene rings is 1. The molecule has 0 radical (unpaired) electrons. The van der Waals surface area contributed by atoms with Crippen LogP contribution >= 0.6 is 0 Å². The van der Waals surface area contributed by atoms with Crippen molar-refractivity contribution in [3.05, 3.63) is 29.8 Å². The normalized spacial score (nSPS) is 17.8. The lowest BCUT2D eigenvalue weighted by molar-refractivity contribution is 0.501. The molecule has 110 valence electrons. The standard InChI is InChI=1S/C13H20N2.2C2H6/c1-3-12-4-6-13(7-5-12)15-9-8-14-10-11(15)2;2*1-2/h4-7,11,14H,3,8-10H2,1-2H3;2*1-2H3. The molecule has 2 nitrogen and oxygen atoms in total. The quantitative estimate of drug-likeness (QED) is 0.865. The summed E-state index contributed by atoms with van der Waals surface area (Å²) in [6.07, 6.45) is 1.12. The monoisotopic (exact) mass is 264 g/mol.